The highest BCUT2D eigenvalue weighted by molar-refractivity contribution is 9.11. The number of benzene rings is 1. The Labute approximate surface area is 127 Å². The van der Waals surface area contributed by atoms with Crippen LogP contribution in [0, 0.1) is 0 Å². The lowest BCUT2D eigenvalue weighted by atomic mass is 9.86. The molecule has 3 heteroatoms. The zero-order valence-electron chi connectivity index (χ0n) is 11.5. The Bertz CT molecular complexity index is 537. The molecule has 0 amide bonds. The molecule has 0 fully saturated rings. The van der Waals surface area contributed by atoms with E-state index in [1.165, 1.54) is 11.1 Å². The standard InChI is InChI=1S/C16H19BrOS/c1-16(2,3)12-6-4-11(5-7-12)10-13(18)14-8-9-15(17)19-14/h4-9,13,18H,10H2,1-3H3. The molecule has 102 valence electrons. The molecule has 1 nitrogen and oxygen atoms in total. The minimum Gasteiger partial charge on any atom is -0.387 e. The van der Waals surface area contributed by atoms with Crippen LogP contribution in [0.1, 0.15) is 42.9 Å². The second-order valence-electron chi connectivity index (χ2n) is 5.81. The van der Waals surface area contributed by atoms with Gasteiger partial charge in [-0.15, -0.1) is 11.3 Å². The van der Waals surface area contributed by atoms with E-state index >= 15 is 0 Å². The first-order valence-corrected chi connectivity index (χ1v) is 8.00. The van der Waals surface area contributed by atoms with Crippen molar-refractivity contribution in [1.29, 1.82) is 0 Å². The zero-order valence-corrected chi connectivity index (χ0v) is 13.9. The number of aliphatic hydroxyl groups is 1. The molecule has 2 aromatic rings. The smallest absolute Gasteiger partial charge is 0.0922 e. The van der Waals surface area contributed by atoms with Gasteiger partial charge in [0.05, 0.1) is 9.89 Å². The van der Waals surface area contributed by atoms with Crippen LogP contribution < -0.4 is 0 Å². The van der Waals surface area contributed by atoms with Crippen LogP contribution in [0.5, 0.6) is 0 Å². The highest BCUT2D eigenvalue weighted by Crippen LogP contribution is 2.29. The summed E-state index contributed by atoms with van der Waals surface area (Å²) < 4.78 is 1.06. The van der Waals surface area contributed by atoms with Crippen molar-refractivity contribution in [3.8, 4) is 0 Å². The summed E-state index contributed by atoms with van der Waals surface area (Å²) in [6.07, 6.45) is 0.244. The van der Waals surface area contributed by atoms with Crippen molar-refractivity contribution in [2.45, 2.75) is 38.7 Å². The van der Waals surface area contributed by atoms with E-state index < -0.39 is 6.10 Å². The maximum absolute atomic E-state index is 10.2. The van der Waals surface area contributed by atoms with E-state index in [1.807, 2.05) is 12.1 Å². The molecule has 1 aromatic heterocycles. The Morgan fingerprint density at radius 1 is 1.11 bits per heavy atom. The molecule has 1 atom stereocenters. The second-order valence-corrected chi connectivity index (χ2v) is 8.30. The van der Waals surface area contributed by atoms with Gasteiger partial charge in [0.2, 0.25) is 0 Å². The molecule has 0 aliphatic heterocycles. The molecular formula is C16H19BrOS. The van der Waals surface area contributed by atoms with Crippen molar-refractivity contribution in [3.05, 3.63) is 56.2 Å². The number of rotatable bonds is 3. The van der Waals surface area contributed by atoms with Crippen LogP contribution in [0.25, 0.3) is 0 Å². The SMILES string of the molecule is CC(C)(C)c1ccc(CC(O)c2ccc(Br)s2)cc1. The van der Waals surface area contributed by atoms with Gasteiger partial charge in [-0.3, -0.25) is 0 Å². The summed E-state index contributed by atoms with van der Waals surface area (Å²) in [5, 5.41) is 10.2. The van der Waals surface area contributed by atoms with Gasteiger partial charge in [0, 0.05) is 11.3 Å². The first-order valence-electron chi connectivity index (χ1n) is 6.39. The van der Waals surface area contributed by atoms with E-state index in [9.17, 15) is 5.11 Å². The molecule has 0 saturated carbocycles. The third kappa shape index (κ3) is 3.91. The number of aliphatic hydroxyl groups excluding tert-OH is 1. The molecule has 0 aliphatic rings. The van der Waals surface area contributed by atoms with Crippen molar-refractivity contribution in [2.75, 3.05) is 0 Å². The van der Waals surface area contributed by atoms with Crippen LogP contribution in [0.3, 0.4) is 0 Å². The molecule has 1 heterocycles. The minimum absolute atomic E-state index is 0.176. The van der Waals surface area contributed by atoms with E-state index in [0.29, 0.717) is 6.42 Å². The molecule has 0 radical (unpaired) electrons. The summed E-state index contributed by atoms with van der Waals surface area (Å²) in [5.74, 6) is 0. The first-order chi connectivity index (χ1) is 8.86. The van der Waals surface area contributed by atoms with E-state index in [2.05, 4.69) is 61.0 Å². The van der Waals surface area contributed by atoms with Crippen LogP contribution in [0.4, 0.5) is 0 Å². The molecule has 0 spiro atoms. The van der Waals surface area contributed by atoms with Crippen molar-refractivity contribution in [2.24, 2.45) is 0 Å². The fraction of sp³-hybridized carbons (Fsp3) is 0.375. The maximum Gasteiger partial charge on any atom is 0.0922 e. The van der Waals surface area contributed by atoms with Crippen molar-refractivity contribution >= 4 is 27.3 Å². The summed E-state index contributed by atoms with van der Waals surface area (Å²) in [6, 6.07) is 12.5. The lowest BCUT2D eigenvalue weighted by molar-refractivity contribution is 0.182. The lowest BCUT2D eigenvalue weighted by Crippen LogP contribution is -2.11. The molecule has 0 bridgehead atoms. The zero-order chi connectivity index (χ0) is 14.0. The third-order valence-electron chi connectivity index (χ3n) is 3.17. The summed E-state index contributed by atoms with van der Waals surface area (Å²) in [7, 11) is 0. The van der Waals surface area contributed by atoms with Gasteiger partial charge in [-0.05, 0) is 44.6 Å². The van der Waals surface area contributed by atoms with Crippen LogP contribution in [-0.2, 0) is 11.8 Å². The Hall–Kier alpha value is -0.640. The highest BCUT2D eigenvalue weighted by Gasteiger charge is 2.14. The third-order valence-corrected chi connectivity index (χ3v) is 4.90. The lowest BCUT2D eigenvalue weighted by Gasteiger charge is -2.19. The molecule has 1 unspecified atom stereocenters. The van der Waals surface area contributed by atoms with Gasteiger partial charge < -0.3 is 5.11 Å². The van der Waals surface area contributed by atoms with Crippen molar-refractivity contribution in [1.82, 2.24) is 0 Å². The Morgan fingerprint density at radius 3 is 2.21 bits per heavy atom. The van der Waals surface area contributed by atoms with E-state index in [0.717, 1.165) is 8.66 Å². The molecular weight excluding hydrogens is 320 g/mol. The molecule has 2 rings (SSSR count). The monoisotopic (exact) mass is 338 g/mol. The van der Waals surface area contributed by atoms with Gasteiger partial charge in [0.25, 0.3) is 0 Å². The number of halogens is 1. The average Bonchev–Trinajstić information content (AvgIpc) is 2.75. The number of hydrogen-bond acceptors (Lipinski definition) is 2. The Balaban J connectivity index is 2.07. The number of thiophene rings is 1. The predicted octanol–water partition coefficient (Wildman–Crippen LogP) is 5.08. The van der Waals surface area contributed by atoms with Crippen LogP contribution >= 0.6 is 27.3 Å². The van der Waals surface area contributed by atoms with Crippen LogP contribution in [0.15, 0.2) is 40.2 Å². The molecule has 1 N–H and O–H groups in total. The van der Waals surface area contributed by atoms with Crippen LogP contribution in [-0.4, -0.2) is 5.11 Å². The van der Waals surface area contributed by atoms with Crippen molar-refractivity contribution in [3.63, 3.8) is 0 Å². The quantitative estimate of drug-likeness (QED) is 0.826. The molecule has 0 aliphatic carbocycles. The van der Waals surface area contributed by atoms with Gasteiger partial charge in [-0.1, -0.05) is 45.0 Å². The van der Waals surface area contributed by atoms with Gasteiger partial charge in [-0.25, -0.2) is 0 Å². The van der Waals surface area contributed by atoms with Gasteiger partial charge in [0.15, 0.2) is 0 Å². The molecule has 19 heavy (non-hydrogen) atoms. The largest absolute Gasteiger partial charge is 0.387 e. The van der Waals surface area contributed by atoms with Crippen molar-refractivity contribution < 1.29 is 5.11 Å². The molecule has 0 saturated heterocycles. The summed E-state index contributed by atoms with van der Waals surface area (Å²) >= 11 is 5.01. The average molecular weight is 339 g/mol. The van der Waals surface area contributed by atoms with Gasteiger partial charge >= 0.3 is 0 Å². The Kier molecular flexibility index (Phi) is 4.49. The minimum atomic E-state index is -0.420. The maximum atomic E-state index is 10.2. The molecule has 1 aromatic carbocycles. The first kappa shape index (κ1) is 14.8. The van der Waals surface area contributed by atoms with E-state index in [-0.39, 0.29) is 5.41 Å². The number of hydrogen-bond donors (Lipinski definition) is 1. The summed E-state index contributed by atoms with van der Waals surface area (Å²) in [4.78, 5) is 1.01. The van der Waals surface area contributed by atoms with E-state index in [4.69, 9.17) is 0 Å². The highest BCUT2D eigenvalue weighted by atomic mass is 79.9. The van der Waals surface area contributed by atoms with Gasteiger partial charge in [-0.2, -0.15) is 0 Å². The van der Waals surface area contributed by atoms with E-state index in [1.54, 1.807) is 11.3 Å². The summed E-state index contributed by atoms with van der Waals surface area (Å²) in [5.41, 5.74) is 2.67. The summed E-state index contributed by atoms with van der Waals surface area (Å²) in [6.45, 7) is 6.63. The van der Waals surface area contributed by atoms with Gasteiger partial charge in [0.1, 0.15) is 0 Å². The normalized spacial score (nSPS) is 13.5. The Morgan fingerprint density at radius 2 is 1.74 bits per heavy atom. The van der Waals surface area contributed by atoms with Crippen LogP contribution in [0.2, 0.25) is 0 Å². The second kappa shape index (κ2) is 5.78. The fourth-order valence-corrected chi connectivity index (χ4v) is 3.38. The topological polar surface area (TPSA) is 20.2 Å². The fourth-order valence-electron chi connectivity index (χ4n) is 1.97. The predicted molar refractivity (Wildman–Crippen MR) is 85.8 cm³/mol.